The average molecular weight is 296 g/mol. The highest BCUT2D eigenvalue weighted by atomic mass is 16.6. The summed E-state index contributed by atoms with van der Waals surface area (Å²) in [4.78, 5) is 16.0. The lowest BCUT2D eigenvalue weighted by atomic mass is 10.1. The lowest BCUT2D eigenvalue weighted by Gasteiger charge is -2.20. The molecule has 1 saturated heterocycles. The van der Waals surface area contributed by atoms with Crippen molar-refractivity contribution in [3.05, 3.63) is 28.5 Å². The monoisotopic (exact) mass is 296 g/mol. The van der Waals surface area contributed by atoms with Crippen molar-refractivity contribution in [1.82, 2.24) is 9.55 Å². The summed E-state index contributed by atoms with van der Waals surface area (Å²) in [5.41, 5.74) is -0.324. The minimum atomic E-state index is -1.03. The van der Waals surface area contributed by atoms with E-state index in [0.717, 1.165) is 0 Å². The van der Waals surface area contributed by atoms with Crippen LogP contribution in [0.25, 0.3) is 11.1 Å². The number of hydrogen-bond donors (Lipinski definition) is 2. The summed E-state index contributed by atoms with van der Waals surface area (Å²) in [6.45, 7) is 1.39. The van der Waals surface area contributed by atoms with E-state index in [1.807, 2.05) is 0 Å². The van der Waals surface area contributed by atoms with Crippen LogP contribution in [0.1, 0.15) is 12.0 Å². The molecule has 1 fully saturated rings. The summed E-state index contributed by atoms with van der Waals surface area (Å²) >= 11 is 0. The Bertz CT molecular complexity index is 708. The summed E-state index contributed by atoms with van der Waals surface area (Å²) < 4.78 is 17.3. The van der Waals surface area contributed by atoms with E-state index < -0.39 is 30.2 Å². The van der Waals surface area contributed by atoms with Crippen molar-refractivity contribution in [2.24, 2.45) is 0 Å². The van der Waals surface area contributed by atoms with E-state index in [4.69, 9.17) is 13.9 Å². The molecule has 2 aromatic rings. The molecule has 0 aromatic carbocycles. The van der Waals surface area contributed by atoms with Gasteiger partial charge < -0.3 is 24.1 Å². The van der Waals surface area contributed by atoms with E-state index in [-0.39, 0.29) is 12.3 Å². The fraction of sp³-hybridized carbons (Fsp3) is 0.538. The molecule has 0 aliphatic carbocycles. The van der Waals surface area contributed by atoms with Crippen LogP contribution in [-0.2, 0) is 9.47 Å². The Kier molecular flexibility index (Phi) is 3.54. The normalized spacial score (nSPS) is 29.3. The van der Waals surface area contributed by atoms with Crippen LogP contribution in [0, 0.1) is 6.92 Å². The standard InChI is InChI=1S/C13H16N2O6/c1-6-3-7-4-15(13(18)14-11(7)20-6)12-10(19-2)9(17)8(5-16)21-12/h3-4,8-10,12,16-17H,5H2,1-2H3/t8-,9-,10-,12?/m1/s1. The van der Waals surface area contributed by atoms with E-state index >= 15 is 0 Å². The number of methoxy groups -OCH3 is 1. The number of aryl methyl sites for hydroxylation is 1. The lowest BCUT2D eigenvalue weighted by Crippen LogP contribution is -2.37. The molecule has 0 saturated carbocycles. The molecular weight excluding hydrogens is 280 g/mol. The highest BCUT2D eigenvalue weighted by molar-refractivity contribution is 5.72. The van der Waals surface area contributed by atoms with Gasteiger partial charge in [-0.3, -0.25) is 4.57 Å². The van der Waals surface area contributed by atoms with Crippen molar-refractivity contribution in [2.45, 2.75) is 31.5 Å². The maximum Gasteiger partial charge on any atom is 0.353 e. The molecule has 0 spiro atoms. The molecule has 0 amide bonds. The second-order valence-corrected chi connectivity index (χ2v) is 4.99. The van der Waals surface area contributed by atoms with E-state index in [1.165, 1.54) is 11.7 Å². The molecule has 3 heterocycles. The number of hydrogen-bond acceptors (Lipinski definition) is 7. The lowest BCUT2D eigenvalue weighted by molar-refractivity contribution is -0.0622. The Balaban J connectivity index is 2.06. The Hall–Kier alpha value is -1.74. The zero-order chi connectivity index (χ0) is 15.1. The maximum absolute atomic E-state index is 12.1. The molecule has 8 nitrogen and oxygen atoms in total. The van der Waals surface area contributed by atoms with E-state index in [1.54, 1.807) is 19.2 Å². The number of aliphatic hydroxyl groups excluding tert-OH is 2. The Morgan fingerprint density at radius 1 is 1.52 bits per heavy atom. The first-order valence-electron chi connectivity index (χ1n) is 6.51. The summed E-state index contributed by atoms with van der Waals surface area (Å²) in [7, 11) is 1.41. The van der Waals surface area contributed by atoms with Crippen molar-refractivity contribution in [3.63, 3.8) is 0 Å². The third kappa shape index (κ3) is 2.26. The molecule has 2 aromatic heterocycles. The molecule has 1 aliphatic heterocycles. The molecular formula is C13H16N2O6. The van der Waals surface area contributed by atoms with E-state index in [2.05, 4.69) is 4.98 Å². The van der Waals surface area contributed by atoms with Gasteiger partial charge in [0.25, 0.3) is 0 Å². The predicted molar refractivity (Wildman–Crippen MR) is 70.8 cm³/mol. The van der Waals surface area contributed by atoms with Gasteiger partial charge in [0, 0.05) is 13.3 Å². The van der Waals surface area contributed by atoms with Crippen molar-refractivity contribution < 1.29 is 24.1 Å². The van der Waals surface area contributed by atoms with Gasteiger partial charge in [0.1, 0.15) is 24.1 Å². The highest BCUT2D eigenvalue weighted by Gasteiger charge is 2.45. The topological polar surface area (TPSA) is 107 Å². The molecule has 0 bridgehead atoms. The summed E-state index contributed by atoms with van der Waals surface area (Å²) in [5.74, 6) is 0.638. The minimum Gasteiger partial charge on any atom is -0.443 e. The summed E-state index contributed by atoms with van der Waals surface area (Å²) in [5, 5.41) is 19.9. The molecule has 8 heteroatoms. The molecule has 1 unspecified atom stereocenters. The van der Waals surface area contributed by atoms with Crippen molar-refractivity contribution in [2.75, 3.05) is 13.7 Å². The Morgan fingerprint density at radius 2 is 2.29 bits per heavy atom. The Morgan fingerprint density at radius 3 is 2.95 bits per heavy atom. The first-order valence-corrected chi connectivity index (χ1v) is 6.51. The van der Waals surface area contributed by atoms with Gasteiger partial charge in [0.15, 0.2) is 6.23 Å². The van der Waals surface area contributed by atoms with Gasteiger partial charge >= 0.3 is 5.69 Å². The van der Waals surface area contributed by atoms with Crippen molar-refractivity contribution in [3.8, 4) is 0 Å². The number of aliphatic hydroxyl groups is 2. The van der Waals surface area contributed by atoms with Gasteiger partial charge in [-0.25, -0.2) is 4.79 Å². The maximum atomic E-state index is 12.1. The van der Waals surface area contributed by atoms with Crippen LogP contribution in [0.15, 0.2) is 21.5 Å². The quantitative estimate of drug-likeness (QED) is 0.791. The first-order chi connectivity index (χ1) is 10.0. The van der Waals surface area contributed by atoms with Gasteiger partial charge in [0.05, 0.1) is 12.0 Å². The molecule has 1 aliphatic rings. The number of ether oxygens (including phenoxy) is 2. The number of rotatable bonds is 3. The minimum absolute atomic E-state index is 0.250. The van der Waals surface area contributed by atoms with Gasteiger partial charge in [0.2, 0.25) is 5.71 Å². The second-order valence-electron chi connectivity index (χ2n) is 4.99. The van der Waals surface area contributed by atoms with Gasteiger partial charge in [-0.2, -0.15) is 4.98 Å². The molecule has 0 radical (unpaired) electrons. The van der Waals surface area contributed by atoms with Crippen LogP contribution >= 0.6 is 0 Å². The van der Waals surface area contributed by atoms with E-state index in [9.17, 15) is 15.0 Å². The molecule has 4 atom stereocenters. The second kappa shape index (κ2) is 5.23. The predicted octanol–water partition coefficient (Wildman–Crippen LogP) is -0.436. The summed E-state index contributed by atoms with van der Waals surface area (Å²) in [6.07, 6.45) is -1.93. The number of furan rings is 1. The zero-order valence-electron chi connectivity index (χ0n) is 11.6. The zero-order valence-corrected chi connectivity index (χ0v) is 11.6. The van der Waals surface area contributed by atoms with Gasteiger partial charge in [-0.05, 0) is 13.0 Å². The van der Waals surface area contributed by atoms with Gasteiger partial charge in [-0.15, -0.1) is 0 Å². The van der Waals surface area contributed by atoms with Crippen LogP contribution in [0.3, 0.4) is 0 Å². The van der Waals surface area contributed by atoms with Crippen LogP contribution in [0.5, 0.6) is 0 Å². The number of nitrogens with zero attached hydrogens (tertiary/aromatic N) is 2. The summed E-state index contributed by atoms with van der Waals surface area (Å²) in [6, 6.07) is 1.75. The smallest absolute Gasteiger partial charge is 0.353 e. The first kappa shape index (κ1) is 14.2. The van der Waals surface area contributed by atoms with Crippen LogP contribution in [0.2, 0.25) is 0 Å². The molecule has 2 N–H and O–H groups in total. The van der Waals surface area contributed by atoms with Crippen LogP contribution < -0.4 is 5.69 Å². The van der Waals surface area contributed by atoms with Crippen LogP contribution in [0.4, 0.5) is 0 Å². The SMILES string of the molecule is CO[C@H]1C(n2cc3cc(C)oc3nc2=O)O[C@H](CO)[C@H]1O. The molecule has 3 rings (SSSR count). The van der Waals surface area contributed by atoms with E-state index in [0.29, 0.717) is 11.1 Å². The third-order valence-electron chi connectivity index (χ3n) is 3.60. The third-order valence-corrected chi connectivity index (χ3v) is 3.60. The fourth-order valence-corrected chi connectivity index (χ4v) is 2.58. The fourth-order valence-electron chi connectivity index (χ4n) is 2.58. The highest BCUT2D eigenvalue weighted by Crippen LogP contribution is 2.30. The van der Waals surface area contributed by atoms with Gasteiger partial charge in [-0.1, -0.05) is 0 Å². The van der Waals surface area contributed by atoms with Crippen LogP contribution in [-0.4, -0.2) is 51.8 Å². The Labute approximate surface area is 119 Å². The average Bonchev–Trinajstić information content (AvgIpc) is 2.96. The molecule has 21 heavy (non-hydrogen) atoms. The largest absolute Gasteiger partial charge is 0.443 e. The molecule has 114 valence electrons. The van der Waals surface area contributed by atoms with Crippen molar-refractivity contribution in [1.29, 1.82) is 0 Å². The number of fused-ring (bicyclic) bond motifs is 1. The number of aromatic nitrogens is 2. The van der Waals surface area contributed by atoms with Crippen molar-refractivity contribution >= 4 is 11.1 Å².